The summed E-state index contributed by atoms with van der Waals surface area (Å²) in [5, 5.41) is 8.27. The first kappa shape index (κ1) is 21.6. The number of hydrogen-bond acceptors (Lipinski definition) is 4. The van der Waals surface area contributed by atoms with Gasteiger partial charge in [-0.3, -0.25) is 9.69 Å². The number of nitrogens with one attached hydrogen (secondary N) is 1. The number of ether oxygens (including phenoxy) is 1. The van der Waals surface area contributed by atoms with E-state index in [1.165, 1.54) is 5.56 Å². The van der Waals surface area contributed by atoms with Gasteiger partial charge in [-0.1, -0.05) is 54.1 Å². The maximum absolute atomic E-state index is 12.9. The highest BCUT2D eigenvalue weighted by molar-refractivity contribution is 6.30. The Balaban J connectivity index is 1.37. The number of nitrogens with zero attached hydrogens (tertiary/aromatic N) is 3. The summed E-state index contributed by atoms with van der Waals surface area (Å²) < 4.78 is 7.39. The Kier molecular flexibility index (Phi) is 7.02. The summed E-state index contributed by atoms with van der Waals surface area (Å²) in [5.41, 5.74) is 2.05. The molecule has 1 saturated heterocycles. The standard InChI is InChI=1S/C24H27ClN4O2/c1-31-23(19-7-3-2-4-8-19)24(30)27-22-10-13-26-29(22)21-11-14-28(15-12-21)17-18-6-5-9-20(25)16-18/h2-10,13,16,21,23H,11-12,14-15,17H2,1H3,(H,27,30)/t23-/m1/s1. The van der Waals surface area contributed by atoms with Crippen molar-refractivity contribution >= 4 is 23.3 Å². The van der Waals surface area contributed by atoms with Gasteiger partial charge in [-0.15, -0.1) is 0 Å². The van der Waals surface area contributed by atoms with Crippen LogP contribution >= 0.6 is 11.6 Å². The lowest BCUT2D eigenvalue weighted by atomic mass is 10.0. The van der Waals surface area contributed by atoms with Crippen molar-refractivity contribution in [3.05, 3.63) is 83.0 Å². The van der Waals surface area contributed by atoms with E-state index in [0.717, 1.165) is 43.1 Å². The molecule has 7 heteroatoms. The zero-order valence-electron chi connectivity index (χ0n) is 17.6. The fourth-order valence-electron chi connectivity index (χ4n) is 4.13. The average molecular weight is 439 g/mol. The molecule has 6 nitrogen and oxygen atoms in total. The van der Waals surface area contributed by atoms with E-state index in [4.69, 9.17) is 16.3 Å². The minimum Gasteiger partial charge on any atom is -0.367 e. The summed E-state index contributed by atoms with van der Waals surface area (Å²) in [5.74, 6) is 0.505. The van der Waals surface area contributed by atoms with Crippen LogP contribution in [0.3, 0.4) is 0 Å². The Hall–Kier alpha value is -2.67. The number of methoxy groups -OCH3 is 1. The van der Waals surface area contributed by atoms with Crippen molar-refractivity contribution in [1.29, 1.82) is 0 Å². The monoisotopic (exact) mass is 438 g/mol. The molecule has 0 unspecified atom stereocenters. The molecule has 1 aliphatic rings. The van der Waals surface area contributed by atoms with Gasteiger partial charge in [0, 0.05) is 37.8 Å². The number of halogens is 1. The number of hydrogen-bond donors (Lipinski definition) is 1. The minimum absolute atomic E-state index is 0.200. The van der Waals surface area contributed by atoms with E-state index in [1.54, 1.807) is 13.3 Å². The first-order valence-corrected chi connectivity index (χ1v) is 10.9. The summed E-state index contributed by atoms with van der Waals surface area (Å²) in [6.45, 7) is 2.83. The van der Waals surface area contributed by atoms with Crippen LogP contribution in [0.4, 0.5) is 5.82 Å². The Bertz CT molecular complexity index is 1000. The molecule has 31 heavy (non-hydrogen) atoms. The van der Waals surface area contributed by atoms with Gasteiger partial charge in [0.15, 0.2) is 6.10 Å². The number of carbonyl (C=O) groups excluding carboxylic acids is 1. The molecule has 1 aliphatic heterocycles. The fraction of sp³-hybridized carbons (Fsp3) is 0.333. The molecule has 1 N–H and O–H groups in total. The predicted octanol–water partition coefficient (Wildman–Crippen LogP) is 4.70. The van der Waals surface area contributed by atoms with Crippen LogP contribution in [0.15, 0.2) is 66.9 Å². The van der Waals surface area contributed by atoms with Gasteiger partial charge in [0.1, 0.15) is 5.82 Å². The molecule has 0 radical (unpaired) electrons. The quantitative estimate of drug-likeness (QED) is 0.580. The van der Waals surface area contributed by atoms with Crippen molar-refractivity contribution < 1.29 is 9.53 Å². The van der Waals surface area contributed by atoms with Crippen molar-refractivity contribution in [3.63, 3.8) is 0 Å². The molecule has 0 bridgehead atoms. The van der Waals surface area contributed by atoms with E-state index >= 15 is 0 Å². The van der Waals surface area contributed by atoms with Crippen LogP contribution in [0.2, 0.25) is 5.02 Å². The van der Waals surface area contributed by atoms with Gasteiger partial charge >= 0.3 is 0 Å². The third-order valence-electron chi connectivity index (χ3n) is 5.70. The molecule has 4 rings (SSSR count). The summed E-state index contributed by atoms with van der Waals surface area (Å²) >= 11 is 6.11. The van der Waals surface area contributed by atoms with Crippen LogP contribution < -0.4 is 5.32 Å². The van der Waals surface area contributed by atoms with Crippen molar-refractivity contribution in [3.8, 4) is 0 Å². The molecule has 1 atom stereocenters. The first-order chi connectivity index (χ1) is 15.1. The van der Waals surface area contributed by atoms with Crippen LogP contribution in [-0.2, 0) is 16.1 Å². The molecule has 2 aromatic carbocycles. The maximum atomic E-state index is 12.9. The van der Waals surface area contributed by atoms with E-state index in [9.17, 15) is 4.79 Å². The third-order valence-corrected chi connectivity index (χ3v) is 5.93. The van der Waals surface area contributed by atoms with Crippen molar-refractivity contribution in [2.75, 3.05) is 25.5 Å². The fourth-order valence-corrected chi connectivity index (χ4v) is 4.35. The van der Waals surface area contributed by atoms with Gasteiger partial charge in [0.2, 0.25) is 0 Å². The molecule has 1 amide bonds. The Morgan fingerprint density at radius 1 is 1.16 bits per heavy atom. The number of anilines is 1. The number of aromatic nitrogens is 2. The molecule has 0 aliphatic carbocycles. The summed E-state index contributed by atoms with van der Waals surface area (Å²) in [7, 11) is 1.55. The highest BCUT2D eigenvalue weighted by Gasteiger charge is 2.25. The van der Waals surface area contributed by atoms with Gasteiger partial charge in [-0.25, -0.2) is 4.68 Å². The van der Waals surface area contributed by atoms with Crippen molar-refractivity contribution in [2.24, 2.45) is 0 Å². The second kappa shape index (κ2) is 10.1. The minimum atomic E-state index is -0.663. The van der Waals surface area contributed by atoms with Crippen molar-refractivity contribution in [1.82, 2.24) is 14.7 Å². The summed E-state index contributed by atoms with van der Waals surface area (Å²) in [4.78, 5) is 15.3. The molecular weight excluding hydrogens is 412 g/mol. The molecule has 2 heterocycles. The van der Waals surface area contributed by atoms with Gasteiger partial charge in [0.25, 0.3) is 5.91 Å². The molecular formula is C24H27ClN4O2. The zero-order valence-corrected chi connectivity index (χ0v) is 18.3. The largest absolute Gasteiger partial charge is 0.367 e. The van der Waals surface area contributed by atoms with Gasteiger partial charge in [-0.2, -0.15) is 5.10 Å². The first-order valence-electron chi connectivity index (χ1n) is 10.5. The van der Waals surface area contributed by atoms with E-state index < -0.39 is 6.10 Å². The second-order valence-corrected chi connectivity index (χ2v) is 8.25. The number of benzene rings is 2. The second-order valence-electron chi connectivity index (χ2n) is 7.81. The Labute approximate surface area is 187 Å². The summed E-state index contributed by atoms with van der Waals surface area (Å²) in [6.07, 6.45) is 3.01. The van der Waals surface area contributed by atoms with Gasteiger partial charge in [0.05, 0.1) is 12.2 Å². The predicted molar refractivity (Wildman–Crippen MR) is 122 cm³/mol. The third kappa shape index (κ3) is 5.34. The lowest BCUT2D eigenvalue weighted by Crippen LogP contribution is -2.35. The zero-order chi connectivity index (χ0) is 21.6. The normalized spacial score (nSPS) is 16.2. The topological polar surface area (TPSA) is 59.4 Å². The van der Waals surface area contributed by atoms with Crippen LogP contribution in [0.1, 0.15) is 36.1 Å². The Morgan fingerprint density at radius 3 is 2.65 bits per heavy atom. The molecule has 1 aromatic heterocycles. The van der Waals surface area contributed by atoms with E-state index in [-0.39, 0.29) is 11.9 Å². The van der Waals surface area contributed by atoms with E-state index in [0.29, 0.717) is 5.82 Å². The molecule has 162 valence electrons. The van der Waals surface area contributed by atoms with Crippen LogP contribution in [0, 0.1) is 0 Å². The van der Waals surface area contributed by atoms with E-state index in [2.05, 4.69) is 21.4 Å². The molecule has 0 spiro atoms. The van der Waals surface area contributed by atoms with Crippen molar-refractivity contribution in [2.45, 2.75) is 31.5 Å². The van der Waals surface area contributed by atoms with Crippen LogP contribution in [0.5, 0.6) is 0 Å². The van der Waals surface area contributed by atoms with Crippen LogP contribution in [0.25, 0.3) is 0 Å². The SMILES string of the molecule is CO[C@@H](C(=O)Nc1ccnn1C1CCN(Cc2cccc(Cl)c2)CC1)c1ccccc1. The molecule has 1 fully saturated rings. The molecule has 3 aromatic rings. The van der Waals surface area contributed by atoms with Crippen LogP contribution in [-0.4, -0.2) is 40.8 Å². The average Bonchev–Trinajstić information content (AvgIpc) is 3.23. The lowest BCUT2D eigenvalue weighted by molar-refractivity contribution is -0.126. The smallest absolute Gasteiger partial charge is 0.259 e. The lowest BCUT2D eigenvalue weighted by Gasteiger charge is -2.32. The number of piperidine rings is 1. The summed E-state index contributed by atoms with van der Waals surface area (Å²) in [6, 6.07) is 19.6. The molecule has 0 saturated carbocycles. The number of rotatable bonds is 7. The number of amides is 1. The Morgan fingerprint density at radius 2 is 1.94 bits per heavy atom. The maximum Gasteiger partial charge on any atom is 0.259 e. The highest BCUT2D eigenvalue weighted by atomic mass is 35.5. The number of carbonyl (C=O) groups is 1. The highest BCUT2D eigenvalue weighted by Crippen LogP contribution is 2.27. The van der Waals surface area contributed by atoms with E-state index in [1.807, 2.05) is 59.3 Å². The van der Waals surface area contributed by atoms with Gasteiger partial charge in [-0.05, 0) is 36.1 Å². The number of likely N-dealkylation sites (tertiary alicyclic amines) is 1. The van der Waals surface area contributed by atoms with Gasteiger partial charge < -0.3 is 10.1 Å².